The van der Waals surface area contributed by atoms with Crippen LogP contribution >= 0.6 is 0 Å². The molecule has 1 aromatic heterocycles. The second-order valence-electron chi connectivity index (χ2n) is 5.09. The third-order valence-corrected chi connectivity index (χ3v) is 3.64. The van der Waals surface area contributed by atoms with Gasteiger partial charge < -0.3 is 19.5 Å². The number of benzene rings is 1. The van der Waals surface area contributed by atoms with Gasteiger partial charge in [0.2, 0.25) is 5.88 Å². The lowest BCUT2D eigenvalue weighted by molar-refractivity contribution is 0.166. The summed E-state index contributed by atoms with van der Waals surface area (Å²) in [6, 6.07) is 8.55. The summed E-state index contributed by atoms with van der Waals surface area (Å²) in [6.07, 6.45) is 1.60. The molecule has 1 N–H and O–H groups in total. The zero-order chi connectivity index (χ0) is 15.5. The number of nitrogens with zero attached hydrogens (tertiary/aromatic N) is 2. The molecule has 0 amide bonds. The van der Waals surface area contributed by atoms with Crippen LogP contribution in [0.25, 0.3) is 0 Å². The molecule has 2 aromatic rings. The van der Waals surface area contributed by atoms with E-state index in [4.69, 9.17) is 14.6 Å². The smallest absolute Gasteiger partial charge is 0.213 e. The lowest BCUT2D eigenvalue weighted by Crippen LogP contribution is -2.54. The van der Waals surface area contributed by atoms with Crippen LogP contribution in [0.4, 0.5) is 10.1 Å². The molecule has 0 aliphatic carbocycles. The van der Waals surface area contributed by atoms with Gasteiger partial charge in [-0.3, -0.25) is 0 Å². The van der Waals surface area contributed by atoms with Crippen molar-refractivity contribution in [1.82, 2.24) is 4.98 Å². The molecule has 5 nitrogen and oxygen atoms in total. The normalized spacial score (nSPS) is 14.6. The first-order chi connectivity index (χ1) is 10.7. The molecule has 1 aliphatic rings. The SMILES string of the molecule is COc1ccc(OC2CN(c3cccc(CO)c3F)C2)cn1. The maximum atomic E-state index is 14.1. The highest BCUT2D eigenvalue weighted by molar-refractivity contribution is 5.52. The first-order valence-corrected chi connectivity index (χ1v) is 7.01. The topological polar surface area (TPSA) is 54.8 Å². The Kier molecular flexibility index (Phi) is 4.11. The summed E-state index contributed by atoms with van der Waals surface area (Å²) >= 11 is 0. The summed E-state index contributed by atoms with van der Waals surface area (Å²) in [5.41, 5.74) is 0.806. The third kappa shape index (κ3) is 2.82. The largest absolute Gasteiger partial charge is 0.485 e. The molecule has 1 aliphatic heterocycles. The molecule has 1 aromatic carbocycles. The van der Waals surface area contributed by atoms with Gasteiger partial charge in [0.05, 0.1) is 38.7 Å². The third-order valence-electron chi connectivity index (χ3n) is 3.64. The number of anilines is 1. The molecule has 0 unspecified atom stereocenters. The lowest BCUT2D eigenvalue weighted by atomic mass is 10.1. The van der Waals surface area contributed by atoms with Crippen molar-refractivity contribution in [1.29, 1.82) is 0 Å². The number of aliphatic hydroxyl groups excluding tert-OH is 1. The van der Waals surface area contributed by atoms with E-state index >= 15 is 0 Å². The summed E-state index contributed by atoms with van der Waals surface area (Å²) in [5.74, 6) is 0.829. The summed E-state index contributed by atoms with van der Waals surface area (Å²) in [5, 5.41) is 9.10. The summed E-state index contributed by atoms with van der Waals surface area (Å²) in [6.45, 7) is 0.890. The van der Waals surface area contributed by atoms with Crippen molar-refractivity contribution in [3.63, 3.8) is 0 Å². The minimum Gasteiger partial charge on any atom is -0.485 e. The van der Waals surface area contributed by atoms with Crippen molar-refractivity contribution in [3.05, 3.63) is 47.9 Å². The molecule has 3 rings (SSSR count). The van der Waals surface area contributed by atoms with Crippen LogP contribution in [0.15, 0.2) is 36.5 Å². The number of pyridine rings is 1. The van der Waals surface area contributed by atoms with E-state index in [1.54, 1.807) is 43.6 Å². The van der Waals surface area contributed by atoms with Gasteiger partial charge in [0, 0.05) is 11.6 Å². The molecule has 1 saturated heterocycles. The fourth-order valence-electron chi connectivity index (χ4n) is 2.39. The Hall–Kier alpha value is -2.34. The van der Waals surface area contributed by atoms with Gasteiger partial charge in [-0.25, -0.2) is 9.37 Å². The molecule has 0 spiro atoms. The Bertz CT molecular complexity index is 642. The van der Waals surface area contributed by atoms with Crippen LogP contribution < -0.4 is 14.4 Å². The number of halogens is 1. The summed E-state index contributed by atoms with van der Waals surface area (Å²) in [7, 11) is 1.56. The molecule has 22 heavy (non-hydrogen) atoms. The van der Waals surface area contributed by atoms with Gasteiger partial charge in [0.15, 0.2) is 5.82 Å². The zero-order valence-electron chi connectivity index (χ0n) is 12.2. The quantitative estimate of drug-likeness (QED) is 0.915. The summed E-state index contributed by atoms with van der Waals surface area (Å²) < 4.78 is 24.9. The predicted octanol–water partition coefficient (Wildman–Crippen LogP) is 1.99. The predicted molar refractivity (Wildman–Crippen MR) is 79.7 cm³/mol. The number of ether oxygens (including phenoxy) is 2. The Balaban J connectivity index is 1.60. The minimum absolute atomic E-state index is 0.00706. The zero-order valence-corrected chi connectivity index (χ0v) is 12.2. The number of aliphatic hydroxyl groups is 1. The van der Waals surface area contributed by atoms with Crippen LogP contribution in [0.5, 0.6) is 11.6 Å². The Morgan fingerprint density at radius 2 is 2.14 bits per heavy atom. The van der Waals surface area contributed by atoms with E-state index in [-0.39, 0.29) is 18.5 Å². The molecular weight excluding hydrogens is 287 g/mol. The first kappa shape index (κ1) is 14.6. The molecule has 0 atom stereocenters. The highest BCUT2D eigenvalue weighted by atomic mass is 19.1. The average Bonchev–Trinajstić information content (AvgIpc) is 2.52. The van der Waals surface area contributed by atoms with Crippen molar-refractivity contribution in [2.24, 2.45) is 0 Å². The van der Waals surface area contributed by atoms with Gasteiger partial charge >= 0.3 is 0 Å². The molecule has 1 fully saturated rings. The number of hydrogen-bond acceptors (Lipinski definition) is 5. The molecule has 6 heteroatoms. The first-order valence-electron chi connectivity index (χ1n) is 7.01. The van der Waals surface area contributed by atoms with E-state index in [2.05, 4.69) is 4.98 Å². The lowest BCUT2D eigenvalue weighted by Gasteiger charge is -2.40. The van der Waals surface area contributed by atoms with E-state index in [1.165, 1.54) is 0 Å². The fraction of sp³-hybridized carbons (Fsp3) is 0.312. The van der Waals surface area contributed by atoms with Crippen LogP contribution in [0.2, 0.25) is 0 Å². The number of methoxy groups -OCH3 is 1. The summed E-state index contributed by atoms with van der Waals surface area (Å²) in [4.78, 5) is 5.96. The van der Waals surface area contributed by atoms with E-state index in [0.29, 0.717) is 36.0 Å². The number of aromatic nitrogens is 1. The fourth-order valence-corrected chi connectivity index (χ4v) is 2.39. The van der Waals surface area contributed by atoms with E-state index < -0.39 is 0 Å². The van der Waals surface area contributed by atoms with E-state index in [9.17, 15) is 4.39 Å². The molecule has 0 bridgehead atoms. The Morgan fingerprint density at radius 1 is 1.32 bits per heavy atom. The van der Waals surface area contributed by atoms with Crippen molar-refractivity contribution in [2.45, 2.75) is 12.7 Å². The standard InChI is InChI=1S/C16H17FN2O3/c1-21-15-6-5-12(7-18-15)22-13-8-19(9-13)14-4-2-3-11(10-20)16(14)17/h2-7,13,20H,8-10H2,1H3. The second kappa shape index (κ2) is 6.19. The van der Waals surface area contributed by atoms with Gasteiger partial charge in [-0.05, 0) is 12.1 Å². The van der Waals surface area contributed by atoms with Crippen molar-refractivity contribution in [3.8, 4) is 11.6 Å². The van der Waals surface area contributed by atoms with Gasteiger partial charge in [-0.2, -0.15) is 0 Å². The van der Waals surface area contributed by atoms with Gasteiger partial charge in [0.1, 0.15) is 11.9 Å². The van der Waals surface area contributed by atoms with Gasteiger partial charge in [-0.1, -0.05) is 12.1 Å². The maximum Gasteiger partial charge on any atom is 0.213 e. The van der Waals surface area contributed by atoms with E-state index in [0.717, 1.165) is 0 Å². The molecule has 2 heterocycles. The maximum absolute atomic E-state index is 14.1. The van der Waals surface area contributed by atoms with Crippen molar-refractivity contribution >= 4 is 5.69 Å². The van der Waals surface area contributed by atoms with Crippen LogP contribution in [-0.2, 0) is 6.61 Å². The Morgan fingerprint density at radius 3 is 2.77 bits per heavy atom. The van der Waals surface area contributed by atoms with Crippen LogP contribution in [0, 0.1) is 5.82 Å². The van der Waals surface area contributed by atoms with Crippen LogP contribution in [0.1, 0.15) is 5.56 Å². The molecule has 116 valence electrons. The monoisotopic (exact) mass is 304 g/mol. The van der Waals surface area contributed by atoms with Crippen LogP contribution in [0.3, 0.4) is 0 Å². The van der Waals surface area contributed by atoms with Crippen molar-refractivity contribution < 1.29 is 19.0 Å². The number of hydrogen-bond donors (Lipinski definition) is 1. The average molecular weight is 304 g/mol. The van der Waals surface area contributed by atoms with Gasteiger partial charge in [0.25, 0.3) is 0 Å². The van der Waals surface area contributed by atoms with Gasteiger partial charge in [-0.15, -0.1) is 0 Å². The minimum atomic E-state index is -0.366. The highest BCUT2D eigenvalue weighted by Crippen LogP contribution is 2.28. The molecule has 0 radical (unpaired) electrons. The van der Waals surface area contributed by atoms with Crippen molar-refractivity contribution in [2.75, 3.05) is 25.1 Å². The molecule has 0 saturated carbocycles. The van der Waals surface area contributed by atoms with Crippen LogP contribution in [-0.4, -0.2) is 36.4 Å². The van der Waals surface area contributed by atoms with E-state index in [1.807, 2.05) is 4.90 Å². The highest BCUT2D eigenvalue weighted by Gasteiger charge is 2.30. The molecular formula is C16H17FN2O3. The number of rotatable bonds is 5. The Labute approximate surface area is 127 Å². The second-order valence-corrected chi connectivity index (χ2v) is 5.09.